The predicted molar refractivity (Wildman–Crippen MR) is 69.5 cm³/mol. The number of hydrogen-bond acceptors (Lipinski definition) is 2. The Morgan fingerprint density at radius 1 is 1.18 bits per heavy atom. The third-order valence-electron chi connectivity index (χ3n) is 3.46. The monoisotopic (exact) mass is 229 g/mol. The molecule has 2 nitrogen and oxygen atoms in total. The van der Waals surface area contributed by atoms with Crippen molar-refractivity contribution in [3.05, 3.63) is 35.9 Å². The first kappa shape index (κ1) is 12.2. The molecule has 1 aromatic rings. The molecule has 0 atom stereocenters. The molecule has 2 heteroatoms. The van der Waals surface area contributed by atoms with Crippen LogP contribution in [0.25, 0.3) is 0 Å². The Labute approximate surface area is 103 Å². The maximum absolute atomic E-state index is 5.89. The summed E-state index contributed by atoms with van der Waals surface area (Å²) in [6, 6.07) is 10.1. The molecule has 1 heterocycles. The summed E-state index contributed by atoms with van der Waals surface area (Å²) in [5.41, 5.74) is 7.15. The van der Waals surface area contributed by atoms with Gasteiger partial charge in [-0.1, -0.05) is 30.0 Å². The Kier molecular flexibility index (Phi) is 4.19. The zero-order valence-electron chi connectivity index (χ0n) is 10.1. The quantitative estimate of drug-likeness (QED) is 0.789. The highest BCUT2D eigenvalue weighted by molar-refractivity contribution is 5.33. The van der Waals surface area contributed by atoms with Gasteiger partial charge in [-0.3, -0.25) is 0 Å². The van der Waals surface area contributed by atoms with Gasteiger partial charge < -0.3 is 10.5 Å². The van der Waals surface area contributed by atoms with Gasteiger partial charge in [-0.2, -0.15) is 0 Å². The molecule has 0 aromatic heterocycles. The van der Waals surface area contributed by atoms with Crippen LogP contribution in [-0.2, 0) is 4.74 Å². The molecule has 0 spiro atoms. The minimum Gasteiger partial charge on any atom is -0.381 e. The third kappa shape index (κ3) is 3.33. The summed E-state index contributed by atoms with van der Waals surface area (Å²) in [7, 11) is 0. The van der Waals surface area contributed by atoms with E-state index in [1.165, 1.54) is 0 Å². The van der Waals surface area contributed by atoms with Gasteiger partial charge in [0.2, 0.25) is 0 Å². The van der Waals surface area contributed by atoms with Gasteiger partial charge in [0.15, 0.2) is 0 Å². The maximum atomic E-state index is 5.89. The highest BCUT2D eigenvalue weighted by atomic mass is 16.5. The van der Waals surface area contributed by atoms with Crippen LogP contribution in [0.2, 0.25) is 0 Å². The Bertz CT molecular complexity index is 396. The van der Waals surface area contributed by atoms with Gasteiger partial charge in [-0.25, -0.2) is 0 Å². The van der Waals surface area contributed by atoms with Crippen molar-refractivity contribution in [1.29, 1.82) is 0 Å². The summed E-state index contributed by atoms with van der Waals surface area (Å²) in [5.74, 6) is 6.48. The topological polar surface area (TPSA) is 35.2 Å². The molecule has 1 saturated heterocycles. The Hall–Kier alpha value is -1.30. The van der Waals surface area contributed by atoms with Crippen molar-refractivity contribution in [3.8, 4) is 11.8 Å². The number of hydrogen-bond donors (Lipinski definition) is 1. The summed E-state index contributed by atoms with van der Waals surface area (Å²) in [6.07, 6.45) is 2.95. The lowest BCUT2D eigenvalue weighted by molar-refractivity contribution is 0.0214. The van der Waals surface area contributed by atoms with E-state index < -0.39 is 0 Å². The van der Waals surface area contributed by atoms with Crippen molar-refractivity contribution >= 4 is 0 Å². The lowest BCUT2D eigenvalue weighted by Crippen LogP contribution is -2.36. The largest absolute Gasteiger partial charge is 0.381 e. The molecule has 0 unspecified atom stereocenters. The van der Waals surface area contributed by atoms with E-state index in [2.05, 4.69) is 11.8 Å². The average Bonchev–Trinajstić information content (AvgIpc) is 2.41. The smallest absolute Gasteiger partial charge is 0.0472 e. The number of rotatable bonds is 2. The van der Waals surface area contributed by atoms with E-state index in [0.717, 1.165) is 38.0 Å². The van der Waals surface area contributed by atoms with Crippen LogP contribution >= 0.6 is 0 Å². The summed E-state index contributed by atoms with van der Waals surface area (Å²) in [6.45, 7) is 2.36. The van der Waals surface area contributed by atoms with E-state index in [4.69, 9.17) is 10.5 Å². The summed E-state index contributed by atoms with van der Waals surface area (Å²) >= 11 is 0. The molecular weight excluding hydrogens is 210 g/mol. The molecule has 1 aliphatic rings. The fraction of sp³-hybridized carbons (Fsp3) is 0.467. The molecule has 0 saturated carbocycles. The lowest BCUT2D eigenvalue weighted by Gasteiger charge is -2.34. The molecule has 0 bridgehead atoms. The maximum Gasteiger partial charge on any atom is 0.0472 e. The van der Waals surface area contributed by atoms with Gasteiger partial charge in [-0.15, -0.1) is 0 Å². The second kappa shape index (κ2) is 5.86. The van der Waals surface area contributed by atoms with Crippen molar-refractivity contribution in [2.24, 2.45) is 11.1 Å². The molecule has 0 radical (unpaired) electrons. The van der Waals surface area contributed by atoms with Crippen LogP contribution in [0.3, 0.4) is 0 Å². The van der Waals surface area contributed by atoms with E-state index in [1.807, 2.05) is 30.3 Å². The van der Waals surface area contributed by atoms with E-state index in [1.54, 1.807) is 0 Å². The highest BCUT2D eigenvalue weighted by Crippen LogP contribution is 2.32. The van der Waals surface area contributed by atoms with Gasteiger partial charge in [0, 0.05) is 25.2 Å². The number of nitrogens with two attached hydrogens (primary N) is 1. The van der Waals surface area contributed by atoms with Gasteiger partial charge in [0.1, 0.15) is 0 Å². The summed E-state index contributed by atoms with van der Waals surface area (Å²) in [5, 5.41) is 0. The number of benzene rings is 1. The highest BCUT2D eigenvalue weighted by Gasteiger charge is 2.30. The zero-order valence-corrected chi connectivity index (χ0v) is 10.1. The van der Waals surface area contributed by atoms with Gasteiger partial charge in [0.05, 0.1) is 0 Å². The zero-order chi connectivity index (χ0) is 12.0. The Morgan fingerprint density at radius 3 is 2.53 bits per heavy atom. The van der Waals surface area contributed by atoms with Crippen LogP contribution in [0, 0.1) is 17.3 Å². The van der Waals surface area contributed by atoms with Crippen LogP contribution in [0.15, 0.2) is 30.3 Å². The normalized spacial score (nSPS) is 18.2. The first-order valence-electron chi connectivity index (χ1n) is 6.16. The second-order valence-corrected chi connectivity index (χ2v) is 4.66. The first-order chi connectivity index (χ1) is 8.35. The molecule has 17 heavy (non-hydrogen) atoms. The minimum absolute atomic E-state index is 0.181. The minimum atomic E-state index is 0.181. The summed E-state index contributed by atoms with van der Waals surface area (Å²) < 4.78 is 5.39. The standard InChI is InChI=1S/C15H19NO/c16-13-15(9-11-17-12-10-15)8-4-7-14-5-2-1-3-6-14/h1-3,5-6H,8-13,16H2. The van der Waals surface area contributed by atoms with Crippen molar-refractivity contribution in [2.75, 3.05) is 19.8 Å². The third-order valence-corrected chi connectivity index (χ3v) is 3.46. The first-order valence-corrected chi connectivity index (χ1v) is 6.16. The molecule has 1 aliphatic heterocycles. The molecule has 1 fully saturated rings. The average molecular weight is 229 g/mol. The van der Waals surface area contributed by atoms with E-state index >= 15 is 0 Å². The van der Waals surface area contributed by atoms with Crippen LogP contribution in [0.1, 0.15) is 24.8 Å². The lowest BCUT2D eigenvalue weighted by atomic mass is 9.77. The summed E-state index contributed by atoms with van der Waals surface area (Å²) in [4.78, 5) is 0. The van der Waals surface area contributed by atoms with E-state index in [9.17, 15) is 0 Å². The predicted octanol–water partition coefficient (Wildman–Crippen LogP) is 2.18. The van der Waals surface area contributed by atoms with Crippen molar-refractivity contribution in [1.82, 2.24) is 0 Å². The fourth-order valence-corrected chi connectivity index (χ4v) is 2.11. The van der Waals surface area contributed by atoms with Gasteiger partial charge in [0.25, 0.3) is 0 Å². The van der Waals surface area contributed by atoms with Crippen molar-refractivity contribution < 1.29 is 4.74 Å². The molecular formula is C15H19NO. The fourth-order valence-electron chi connectivity index (χ4n) is 2.11. The van der Waals surface area contributed by atoms with Gasteiger partial charge >= 0.3 is 0 Å². The molecule has 0 amide bonds. The second-order valence-electron chi connectivity index (χ2n) is 4.66. The van der Waals surface area contributed by atoms with Gasteiger partial charge in [-0.05, 0) is 36.9 Å². The molecule has 2 rings (SSSR count). The number of ether oxygens (including phenoxy) is 1. The van der Waals surface area contributed by atoms with Crippen molar-refractivity contribution in [2.45, 2.75) is 19.3 Å². The molecule has 0 aliphatic carbocycles. The van der Waals surface area contributed by atoms with Crippen molar-refractivity contribution in [3.63, 3.8) is 0 Å². The van der Waals surface area contributed by atoms with E-state index in [0.29, 0.717) is 6.54 Å². The molecule has 1 aromatic carbocycles. The van der Waals surface area contributed by atoms with Crippen LogP contribution in [0.4, 0.5) is 0 Å². The van der Waals surface area contributed by atoms with E-state index in [-0.39, 0.29) is 5.41 Å². The molecule has 90 valence electrons. The SMILES string of the molecule is NCC1(CC#Cc2ccccc2)CCOCC1. The molecule has 2 N–H and O–H groups in total. The Balaban J connectivity index is 1.98. The van der Waals surface area contributed by atoms with Crippen LogP contribution < -0.4 is 5.73 Å². The van der Waals surface area contributed by atoms with Crippen LogP contribution in [0.5, 0.6) is 0 Å². The Morgan fingerprint density at radius 2 is 1.88 bits per heavy atom. The van der Waals surface area contributed by atoms with Crippen LogP contribution in [-0.4, -0.2) is 19.8 Å².